The van der Waals surface area contributed by atoms with Crippen LogP contribution in [0.1, 0.15) is 30.7 Å². The van der Waals surface area contributed by atoms with Crippen LogP contribution in [-0.4, -0.2) is 19.1 Å². The summed E-state index contributed by atoms with van der Waals surface area (Å²) in [5, 5.41) is 4.29. The lowest BCUT2D eigenvalue weighted by molar-refractivity contribution is -0.122. The summed E-state index contributed by atoms with van der Waals surface area (Å²) in [6.45, 7) is 0. The van der Waals surface area contributed by atoms with Gasteiger partial charge in [0.2, 0.25) is 5.91 Å². The van der Waals surface area contributed by atoms with Crippen molar-refractivity contribution >= 4 is 16.9 Å². The summed E-state index contributed by atoms with van der Waals surface area (Å²) in [6, 6.07) is 16.3. The third-order valence-electron chi connectivity index (χ3n) is 5.41. The quantitative estimate of drug-likeness (QED) is 0.740. The number of carbonyl (C=O) groups excluding carboxylic acids is 1. The van der Waals surface area contributed by atoms with Crippen molar-refractivity contribution in [2.75, 3.05) is 7.11 Å². The number of rotatable bonds is 5. The average Bonchev–Trinajstić information content (AvgIpc) is 3.60. The van der Waals surface area contributed by atoms with Crippen LogP contribution >= 0.6 is 0 Å². The molecule has 5 rings (SSSR count). The Hall–Kier alpha value is -2.75. The summed E-state index contributed by atoms with van der Waals surface area (Å²) in [4.78, 5) is 12.1. The minimum atomic E-state index is 0.206. The second-order valence-corrected chi connectivity index (χ2v) is 7.30. The van der Waals surface area contributed by atoms with Gasteiger partial charge in [0.05, 0.1) is 7.11 Å². The van der Waals surface area contributed by atoms with Crippen LogP contribution in [0.25, 0.3) is 22.3 Å². The largest absolute Gasteiger partial charge is 0.497 e. The van der Waals surface area contributed by atoms with Gasteiger partial charge >= 0.3 is 0 Å². The van der Waals surface area contributed by atoms with Crippen molar-refractivity contribution in [2.45, 2.75) is 31.2 Å². The van der Waals surface area contributed by atoms with Crippen LogP contribution in [0.4, 0.5) is 0 Å². The lowest BCUT2D eigenvalue weighted by Crippen LogP contribution is -2.27. The Morgan fingerprint density at radius 3 is 2.69 bits per heavy atom. The Morgan fingerprint density at radius 1 is 1.15 bits per heavy atom. The zero-order valence-corrected chi connectivity index (χ0v) is 14.7. The number of amides is 1. The van der Waals surface area contributed by atoms with E-state index >= 15 is 0 Å². The SMILES string of the molecule is COc1ccc2oc(-c3ccccc3)c(C3CC3NC(=O)C3CC3)c2c1. The summed E-state index contributed by atoms with van der Waals surface area (Å²) >= 11 is 0. The molecule has 0 radical (unpaired) electrons. The monoisotopic (exact) mass is 347 g/mol. The summed E-state index contributed by atoms with van der Waals surface area (Å²) in [5.74, 6) is 2.47. The van der Waals surface area contributed by atoms with E-state index in [9.17, 15) is 4.79 Å². The molecule has 132 valence electrons. The van der Waals surface area contributed by atoms with Crippen molar-refractivity contribution in [1.29, 1.82) is 0 Å². The number of hydrogen-bond donors (Lipinski definition) is 1. The molecule has 0 spiro atoms. The summed E-state index contributed by atoms with van der Waals surface area (Å²) in [5.41, 5.74) is 3.11. The fourth-order valence-electron chi connectivity index (χ4n) is 3.71. The smallest absolute Gasteiger partial charge is 0.223 e. The zero-order valence-electron chi connectivity index (χ0n) is 14.7. The van der Waals surface area contributed by atoms with Crippen LogP contribution in [0.15, 0.2) is 52.9 Å². The molecule has 0 saturated heterocycles. The fraction of sp³-hybridized carbons (Fsp3) is 0.318. The lowest BCUT2D eigenvalue weighted by atomic mass is 10.0. The molecule has 1 amide bonds. The molecule has 3 aromatic rings. The molecular formula is C22H21NO3. The minimum Gasteiger partial charge on any atom is -0.497 e. The number of furan rings is 1. The van der Waals surface area contributed by atoms with Gasteiger partial charge in [-0.1, -0.05) is 30.3 Å². The molecule has 0 aliphatic heterocycles. The molecule has 2 unspecified atom stereocenters. The fourth-order valence-corrected chi connectivity index (χ4v) is 3.71. The highest BCUT2D eigenvalue weighted by atomic mass is 16.5. The molecule has 1 N–H and O–H groups in total. The number of hydrogen-bond acceptors (Lipinski definition) is 3. The van der Waals surface area contributed by atoms with Gasteiger partial charge in [-0.15, -0.1) is 0 Å². The number of fused-ring (bicyclic) bond motifs is 1. The third-order valence-corrected chi connectivity index (χ3v) is 5.41. The van der Waals surface area contributed by atoms with Crippen LogP contribution in [0.5, 0.6) is 5.75 Å². The van der Waals surface area contributed by atoms with Gasteiger partial charge in [-0.2, -0.15) is 0 Å². The average molecular weight is 347 g/mol. The van der Waals surface area contributed by atoms with Gasteiger partial charge in [-0.25, -0.2) is 0 Å². The molecule has 4 nitrogen and oxygen atoms in total. The van der Waals surface area contributed by atoms with E-state index in [2.05, 4.69) is 17.4 Å². The van der Waals surface area contributed by atoms with Crippen LogP contribution in [0, 0.1) is 5.92 Å². The first kappa shape index (κ1) is 15.5. The number of ether oxygens (including phenoxy) is 1. The Bertz CT molecular complexity index is 972. The molecular weight excluding hydrogens is 326 g/mol. The Labute approximate surface area is 152 Å². The van der Waals surface area contributed by atoms with Gasteiger partial charge < -0.3 is 14.5 Å². The van der Waals surface area contributed by atoms with E-state index in [1.54, 1.807) is 7.11 Å². The maximum Gasteiger partial charge on any atom is 0.223 e. The van der Waals surface area contributed by atoms with Gasteiger partial charge in [0.25, 0.3) is 0 Å². The second kappa shape index (κ2) is 5.90. The van der Waals surface area contributed by atoms with Crippen molar-refractivity contribution in [3.05, 3.63) is 54.1 Å². The van der Waals surface area contributed by atoms with Gasteiger partial charge in [-0.05, 0) is 37.5 Å². The molecule has 2 aliphatic rings. The van der Waals surface area contributed by atoms with Crippen LogP contribution in [-0.2, 0) is 4.79 Å². The Morgan fingerprint density at radius 2 is 1.96 bits per heavy atom. The molecule has 4 heteroatoms. The molecule has 2 atom stereocenters. The van der Waals surface area contributed by atoms with Crippen molar-refractivity contribution < 1.29 is 13.9 Å². The maximum absolute atomic E-state index is 12.1. The standard InChI is InChI=1S/C22H21NO3/c1-25-15-9-10-19-17(11-15)20(21(26-19)13-5-3-2-4-6-13)16-12-18(16)23-22(24)14-7-8-14/h2-6,9-11,14,16,18H,7-8,12H2,1H3,(H,23,24). The molecule has 2 aromatic carbocycles. The maximum atomic E-state index is 12.1. The second-order valence-electron chi connectivity index (χ2n) is 7.30. The van der Waals surface area contributed by atoms with E-state index in [0.717, 1.165) is 47.3 Å². The van der Waals surface area contributed by atoms with Crippen molar-refractivity contribution in [3.8, 4) is 17.1 Å². The predicted octanol–water partition coefficient (Wildman–Crippen LogP) is 4.49. The number of methoxy groups -OCH3 is 1. The molecule has 2 fully saturated rings. The van der Waals surface area contributed by atoms with Gasteiger partial charge in [-0.3, -0.25) is 4.79 Å². The zero-order chi connectivity index (χ0) is 17.7. The highest BCUT2D eigenvalue weighted by molar-refractivity contribution is 5.91. The van der Waals surface area contributed by atoms with Crippen molar-refractivity contribution in [2.24, 2.45) is 5.92 Å². The van der Waals surface area contributed by atoms with E-state index < -0.39 is 0 Å². The van der Waals surface area contributed by atoms with Crippen LogP contribution < -0.4 is 10.1 Å². The molecule has 0 bridgehead atoms. The molecule has 1 heterocycles. The number of carbonyl (C=O) groups is 1. The normalized spacial score (nSPS) is 21.6. The van der Waals surface area contributed by atoms with E-state index in [4.69, 9.17) is 9.15 Å². The first-order chi connectivity index (χ1) is 12.7. The highest BCUT2D eigenvalue weighted by Crippen LogP contribution is 2.50. The topological polar surface area (TPSA) is 51.5 Å². The molecule has 2 saturated carbocycles. The summed E-state index contributed by atoms with van der Waals surface area (Å²) < 4.78 is 11.6. The van der Waals surface area contributed by atoms with Crippen molar-refractivity contribution in [1.82, 2.24) is 5.32 Å². The number of nitrogens with one attached hydrogen (secondary N) is 1. The highest BCUT2D eigenvalue weighted by Gasteiger charge is 2.45. The molecule has 26 heavy (non-hydrogen) atoms. The molecule has 1 aromatic heterocycles. The predicted molar refractivity (Wildman–Crippen MR) is 100 cm³/mol. The van der Waals surface area contributed by atoms with Gasteiger partial charge in [0, 0.05) is 34.4 Å². The van der Waals surface area contributed by atoms with E-state index in [0.29, 0.717) is 5.92 Å². The minimum absolute atomic E-state index is 0.206. The number of benzene rings is 2. The Kier molecular flexibility index (Phi) is 3.52. The van der Waals surface area contributed by atoms with E-state index in [1.165, 1.54) is 5.56 Å². The van der Waals surface area contributed by atoms with Gasteiger partial charge in [0.15, 0.2) is 0 Å². The lowest BCUT2D eigenvalue weighted by Gasteiger charge is -2.06. The van der Waals surface area contributed by atoms with Crippen molar-refractivity contribution in [3.63, 3.8) is 0 Å². The van der Waals surface area contributed by atoms with E-state index in [1.807, 2.05) is 36.4 Å². The first-order valence-corrected chi connectivity index (χ1v) is 9.21. The molecule has 2 aliphatic carbocycles. The third kappa shape index (κ3) is 2.66. The van der Waals surface area contributed by atoms with Crippen LogP contribution in [0.3, 0.4) is 0 Å². The Balaban J connectivity index is 1.56. The van der Waals surface area contributed by atoms with Crippen LogP contribution in [0.2, 0.25) is 0 Å². The van der Waals surface area contributed by atoms with Gasteiger partial charge in [0.1, 0.15) is 17.1 Å². The van der Waals surface area contributed by atoms with E-state index in [-0.39, 0.29) is 17.9 Å². The summed E-state index contributed by atoms with van der Waals surface area (Å²) in [6.07, 6.45) is 3.03. The first-order valence-electron chi connectivity index (χ1n) is 9.21. The summed E-state index contributed by atoms with van der Waals surface area (Å²) in [7, 11) is 1.68.